The van der Waals surface area contributed by atoms with Crippen molar-refractivity contribution in [3.63, 3.8) is 0 Å². The maximum Gasteiger partial charge on any atom is 0.157 e. The van der Waals surface area contributed by atoms with Gasteiger partial charge in [0.15, 0.2) is 5.65 Å². The third kappa shape index (κ3) is 3.11. The van der Waals surface area contributed by atoms with Gasteiger partial charge in [0, 0.05) is 54.8 Å². The summed E-state index contributed by atoms with van der Waals surface area (Å²) in [5.74, 6) is 2.24. The molecule has 5 rings (SSSR count). The lowest BCUT2D eigenvalue weighted by Crippen LogP contribution is -2.47. The smallest absolute Gasteiger partial charge is 0.157 e. The standard InChI is InChI=1S/C20H25N7/c1-14-11-19(22-13-21-14)26(16-3-4-16)17-6-9-25(10-7-17)20-12-15(2)24-18-5-8-23-27(18)20/h5,8,11-13,16-17H,3-4,6-7,9-10H2,1-2H3. The zero-order valence-electron chi connectivity index (χ0n) is 15.9. The van der Waals surface area contributed by atoms with E-state index in [1.807, 2.05) is 23.7 Å². The molecule has 1 saturated heterocycles. The van der Waals surface area contributed by atoms with Crippen LogP contribution in [0.2, 0.25) is 0 Å². The van der Waals surface area contributed by atoms with Crippen LogP contribution in [0.3, 0.4) is 0 Å². The lowest BCUT2D eigenvalue weighted by Gasteiger charge is -2.40. The van der Waals surface area contributed by atoms with E-state index in [0.717, 1.165) is 54.6 Å². The third-order valence-corrected chi connectivity index (χ3v) is 5.64. The van der Waals surface area contributed by atoms with E-state index in [1.165, 1.54) is 12.8 Å². The first-order valence-electron chi connectivity index (χ1n) is 9.82. The van der Waals surface area contributed by atoms with E-state index in [4.69, 9.17) is 0 Å². The van der Waals surface area contributed by atoms with Crippen molar-refractivity contribution in [3.05, 3.63) is 42.1 Å². The second kappa shape index (κ2) is 6.48. The molecule has 1 aliphatic heterocycles. The molecule has 140 valence electrons. The molecule has 0 amide bonds. The van der Waals surface area contributed by atoms with Gasteiger partial charge in [-0.25, -0.2) is 15.0 Å². The minimum atomic E-state index is 0.541. The average molecular weight is 363 g/mol. The number of hydrogen-bond donors (Lipinski definition) is 0. The topological polar surface area (TPSA) is 62.5 Å². The minimum Gasteiger partial charge on any atom is -0.356 e. The monoisotopic (exact) mass is 363 g/mol. The Kier molecular flexibility index (Phi) is 3.95. The number of fused-ring (bicyclic) bond motifs is 1. The lowest BCUT2D eigenvalue weighted by atomic mass is 10.0. The minimum absolute atomic E-state index is 0.541. The molecule has 7 nitrogen and oxygen atoms in total. The summed E-state index contributed by atoms with van der Waals surface area (Å²) in [4.78, 5) is 18.4. The van der Waals surface area contributed by atoms with Crippen molar-refractivity contribution in [2.45, 2.75) is 51.6 Å². The summed E-state index contributed by atoms with van der Waals surface area (Å²) < 4.78 is 1.96. The summed E-state index contributed by atoms with van der Waals surface area (Å²) >= 11 is 0. The van der Waals surface area contributed by atoms with Crippen LogP contribution in [-0.4, -0.2) is 49.7 Å². The van der Waals surface area contributed by atoms with Crippen molar-refractivity contribution < 1.29 is 0 Å². The van der Waals surface area contributed by atoms with Crippen LogP contribution in [0.5, 0.6) is 0 Å². The second-order valence-electron chi connectivity index (χ2n) is 7.73. The molecule has 2 aliphatic rings. The summed E-state index contributed by atoms with van der Waals surface area (Å²) in [5, 5.41) is 4.47. The van der Waals surface area contributed by atoms with Crippen molar-refractivity contribution in [3.8, 4) is 0 Å². The summed E-state index contributed by atoms with van der Waals surface area (Å²) in [6.07, 6.45) is 8.34. The van der Waals surface area contributed by atoms with Crippen molar-refractivity contribution in [1.82, 2.24) is 24.6 Å². The molecule has 3 aromatic rings. The van der Waals surface area contributed by atoms with Crippen LogP contribution in [0.1, 0.15) is 37.1 Å². The summed E-state index contributed by atoms with van der Waals surface area (Å²) in [6, 6.07) is 7.43. The summed E-state index contributed by atoms with van der Waals surface area (Å²) in [7, 11) is 0. The Morgan fingerprint density at radius 3 is 2.48 bits per heavy atom. The molecular weight excluding hydrogens is 338 g/mol. The fraction of sp³-hybridized carbons (Fsp3) is 0.500. The van der Waals surface area contributed by atoms with Crippen molar-refractivity contribution in [1.29, 1.82) is 0 Å². The molecule has 0 atom stereocenters. The SMILES string of the molecule is Cc1cc(N(C2CC2)C2CCN(c3cc(C)nc4ccnn34)CC2)ncn1. The van der Waals surface area contributed by atoms with Crippen LogP contribution < -0.4 is 9.80 Å². The number of aromatic nitrogens is 5. The van der Waals surface area contributed by atoms with E-state index in [0.29, 0.717) is 12.1 Å². The van der Waals surface area contributed by atoms with Gasteiger partial charge >= 0.3 is 0 Å². The van der Waals surface area contributed by atoms with Gasteiger partial charge in [0.25, 0.3) is 0 Å². The van der Waals surface area contributed by atoms with Gasteiger partial charge in [0.1, 0.15) is 18.0 Å². The predicted octanol–water partition coefficient (Wildman–Crippen LogP) is 2.77. The highest BCUT2D eigenvalue weighted by Gasteiger charge is 2.36. The Balaban J connectivity index is 1.37. The molecule has 4 heterocycles. The number of rotatable bonds is 4. The van der Waals surface area contributed by atoms with Gasteiger partial charge in [0.2, 0.25) is 0 Å². The Bertz CT molecular complexity index is 954. The number of hydrogen-bond acceptors (Lipinski definition) is 6. The number of aryl methyl sites for hydroxylation is 2. The highest BCUT2D eigenvalue weighted by molar-refractivity contribution is 5.51. The Morgan fingerprint density at radius 2 is 1.74 bits per heavy atom. The first-order chi connectivity index (χ1) is 13.2. The highest BCUT2D eigenvalue weighted by Crippen LogP contribution is 2.36. The lowest BCUT2D eigenvalue weighted by molar-refractivity contribution is 0.455. The van der Waals surface area contributed by atoms with Crippen molar-refractivity contribution in [2.24, 2.45) is 0 Å². The molecule has 0 aromatic carbocycles. The van der Waals surface area contributed by atoms with E-state index in [1.54, 1.807) is 6.33 Å². The Labute approximate surface area is 159 Å². The molecule has 0 unspecified atom stereocenters. The van der Waals surface area contributed by atoms with E-state index < -0.39 is 0 Å². The van der Waals surface area contributed by atoms with Gasteiger partial charge in [-0.1, -0.05) is 0 Å². The molecule has 3 aromatic heterocycles. The molecule has 2 fully saturated rings. The van der Waals surface area contributed by atoms with Crippen LogP contribution >= 0.6 is 0 Å². The Hall–Kier alpha value is -2.70. The van der Waals surface area contributed by atoms with Crippen LogP contribution in [0.4, 0.5) is 11.6 Å². The zero-order chi connectivity index (χ0) is 18.4. The van der Waals surface area contributed by atoms with Crippen LogP contribution in [0, 0.1) is 13.8 Å². The van der Waals surface area contributed by atoms with Crippen molar-refractivity contribution >= 4 is 17.3 Å². The van der Waals surface area contributed by atoms with E-state index >= 15 is 0 Å². The first kappa shape index (κ1) is 16.5. The molecule has 0 radical (unpaired) electrons. The van der Waals surface area contributed by atoms with E-state index in [9.17, 15) is 0 Å². The van der Waals surface area contributed by atoms with Gasteiger partial charge in [0.05, 0.1) is 6.20 Å². The average Bonchev–Trinajstić information content (AvgIpc) is 3.38. The highest BCUT2D eigenvalue weighted by atomic mass is 15.4. The normalized spacial score (nSPS) is 18.2. The maximum absolute atomic E-state index is 4.58. The van der Waals surface area contributed by atoms with Gasteiger partial charge in [-0.2, -0.15) is 9.61 Å². The van der Waals surface area contributed by atoms with Gasteiger partial charge in [-0.15, -0.1) is 0 Å². The zero-order valence-corrected chi connectivity index (χ0v) is 15.9. The molecule has 1 aliphatic carbocycles. The Morgan fingerprint density at radius 1 is 0.963 bits per heavy atom. The molecule has 1 saturated carbocycles. The third-order valence-electron chi connectivity index (χ3n) is 5.64. The maximum atomic E-state index is 4.58. The van der Waals surface area contributed by atoms with Crippen LogP contribution in [-0.2, 0) is 0 Å². The first-order valence-corrected chi connectivity index (χ1v) is 9.82. The molecule has 0 spiro atoms. The molecule has 27 heavy (non-hydrogen) atoms. The van der Waals surface area contributed by atoms with E-state index in [-0.39, 0.29) is 0 Å². The molecule has 0 bridgehead atoms. The molecular formula is C20H25N7. The quantitative estimate of drug-likeness (QED) is 0.710. The fourth-order valence-electron chi connectivity index (χ4n) is 4.22. The van der Waals surface area contributed by atoms with Gasteiger partial charge < -0.3 is 9.80 Å². The largest absolute Gasteiger partial charge is 0.356 e. The summed E-state index contributed by atoms with van der Waals surface area (Å²) in [6.45, 7) is 6.14. The fourth-order valence-corrected chi connectivity index (χ4v) is 4.22. The van der Waals surface area contributed by atoms with E-state index in [2.05, 4.69) is 48.9 Å². The van der Waals surface area contributed by atoms with Gasteiger partial charge in [-0.05, 0) is 39.5 Å². The van der Waals surface area contributed by atoms with Crippen LogP contribution in [0.25, 0.3) is 5.65 Å². The molecule has 0 N–H and O–H groups in total. The number of nitrogens with zero attached hydrogens (tertiary/aromatic N) is 7. The van der Waals surface area contributed by atoms with Crippen LogP contribution in [0.15, 0.2) is 30.7 Å². The molecule has 7 heteroatoms. The van der Waals surface area contributed by atoms with Gasteiger partial charge in [-0.3, -0.25) is 0 Å². The number of piperidine rings is 1. The second-order valence-corrected chi connectivity index (χ2v) is 7.73. The number of anilines is 2. The predicted molar refractivity (Wildman–Crippen MR) is 105 cm³/mol. The van der Waals surface area contributed by atoms with Crippen molar-refractivity contribution in [2.75, 3.05) is 22.9 Å². The summed E-state index contributed by atoms with van der Waals surface area (Å²) in [5.41, 5.74) is 3.00.